The Morgan fingerprint density at radius 1 is 1.47 bits per heavy atom. The lowest BCUT2D eigenvalue weighted by molar-refractivity contribution is -0.126. The van der Waals surface area contributed by atoms with Crippen molar-refractivity contribution < 1.29 is 18.4 Å². The van der Waals surface area contributed by atoms with Crippen molar-refractivity contribution in [2.24, 2.45) is 0 Å². The van der Waals surface area contributed by atoms with Gasteiger partial charge in [0.05, 0.1) is 5.25 Å². The van der Waals surface area contributed by atoms with Gasteiger partial charge in [-0.3, -0.25) is 9.69 Å². The molecule has 1 atom stereocenters. The van der Waals surface area contributed by atoms with E-state index in [4.69, 9.17) is 0 Å². The predicted octanol–water partition coefficient (Wildman–Crippen LogP) is 2.00. The SMILES string of the molecule is CC(Sc1ccc(F)cc1F)C(=O)N1CCNC1=O. The largest absolute Gasteiger partial charge is 0.336 e. The first kappa shape index (κ1) is 13.8. The van der Waals surface area contributed by atoms with Gasteiger partial charge in [-0.1, -0.05) is 0 Å². The van der Waals surface area contributed by atoms with Gasteiger partial charge in [-0.25, -0.2) is 13.6 Å². The molecule has 1 unspecified atom stereocenters. The Kier molecular flexibility index (Phi) is 4.04. The van der Waals surface area contributed by atoms with Crippen LogP contribution in [0.3, 0.4) is 0 Å². The molecule has 1 aromatic carbocycles. The van der Waals surface area contributed by atoms with E-state index in [-0.39, 0.29) is 10.8 Å². The molecule has 1 aromatic rings. The van der Waals surface area contributed by atoms with Crippen LogP contribution < -0.4 is 5.32 Å². The molecule has 0 aliphatic carbocycles. The topological polar surface area (TPSA) is 49.4 Å². The van der Waals surface area contributed by atoms with Gasteiger partial charge in [-0.15, -0.1) is 11.8 Å². The van der Waals surface area contributed by atoms with E-state index >= 15 is 0 Å². The van der Waals surface area contributed by atoms with Crippen molar-refractivity contribution in [3.63, 3.8) is 0 Å². The molecule has 19 heavy (non-hydrogen) atoms. The maximum Gasteiger partial charge on any atom is 0.324 e. The van der Waals surface area contributed by atoms with Crippen molar-refractivity contribution in [3.05, 3.63) is 29.8 Å². The van der Waals surface area contributed by atoms with Gasteiger partial charge in [0.25, 0.3) is 0 Å². The summed E-state index contributed by atoms with van der Waals surface area (Å²) in [7, 11) is 0. The molecular weight excluding hydrogens is 274 g/mol. The number of nitrogens with zero attached hydrogens (tertiary/aromatic N) is 1. The Balaban J connectivity index is 2.06. The normalized spacial score (nSPS) is 16.4. The highest BCUT2D eigenvalue weighted by Crippen LogP contribution is 2.27. The zero-order valence-corrected chi connectivity index (χ0v) is 11.0. The lowest BCUT2D eigenvalue weighted by atomic mass is 10.3. The van der Waals surface area contributed by atoms with Gasteiger partial charge >= 0.3 is 6.03 Å². The first-order valence-corrected chi connectivity index (χ1v) is 6.58. The average molecular weight is 286 g/mol. The van der Waals surface area contributed by atoms with Crippen LogP contribution in [0.2, 0.25) is 0 Å². The number of carbonyl (C=O) groups excluding carboxylic acids is 2. The van der Waals surface area contributed by atoms with Crippen LogP contribution in [0.15, 0.2) is 23.1 Å². The van der Waals surface area contributed by atoms with Crippen LogP contribution in [0.5, 0.6) is 0 Å². The van der Waals surface area contributed by atoms with Crippen LogP contribution in [0.25, 0.3) is 0 Å². The van der Waals surface area contributed by atoms with E-state index < -0.39 is 22.9 Å². The molecule has 1 aliphatic rings. The molecule has 0 aromatic heterocycles. The minimum absolute atomic E-state index is 0.182. The number of halogens is 2. The summed E-state index contributed by atoms with van der Waals surface area (Å²) in [6.07, 6.45) is 0. The van der Waals surface area contributed by atoms with Gasteiger partial charge in [0.2, 0.25) is 5.91 Å². The van der Waals surface area contributed by atoms with E-state index in [1.165, 1.54) is 6.07 Å². The minimum atomic E-state index is -0.712. The summed E-state index contributed by atoms with van der Waals surface area (Å²) in [6.45, 7) is 2.32. The number of amides is 3. The molecule has 7 heteroatoms. The quantitative estimate of drug-likeness (QED) is 0.865. The van der Waals surface area contributed by atoms with Crippen molar-refractivity contribution in [1.29, 1.82) is 0 Å². The molecule has 102 valence electrons. The zero-order valence-electron chi connectivity index (χ0n) is 10.2. The van der Waals surface area contributed by atoms with Crippen molar-refractivity contribution in [2.45, 2.75) is 17.1 Å². The number of rotatable bonds is 3. The summed E-state index contributed by atoms with van der Waals surface area (Å²) in [5.74, 6) is -1.76. The number of thioether (sulfide) groups is 1. The van der Waals surface area contributed by atoms with Gasteiger partial charge in [-0.2, -0.15) is 0 Å². The number of imide groups is 1. The molecular formula is C12H12F2N2O2S. The molecule has 4 nitrogen and oxygen atoms in total. The predicted molar refractivity (Wildman–Crippen MR) is 66.8 cm³/mol. The summed E-state index contributed by atoms with van der Waals surface area (Å²) in [4.78, 5) is 24.6. The van der Waals surface area contributed by atoms with E-state index in [1.807, 2.05) is 0 Å². The van der Waals surface area contributed by atoms with Crippen LogP contribution in [0, 0.1) is 11.6 Å². The molecule has 1 heterocycles. The van der Waals surface area contributed by atoms with Gasteiger partial charge in [0.1, 0.15) is 11.6 Å². The van der Waals surface area contributed by atoms with Crippen LogP contribution in [-0.2, 0) is 4.79 Å². The number of urea groups is 1. The molecule has 0 spiro atoms. The highest BCUT2D eigenvalue weighted by Gasteiger charge is 2.30. The van der Waals surface area contributed by atoms with E-state index in [1.54, 1.807) is 6.92 Å². The number of hydrogen-bond acceptors (Lipinski definition) is 3. The monoisotopic (exact) mass is 286 g/mol. The second-order valence-corrected chi connectivity index (χ2v) is 5.44. The van der Waals surface area contributed by atoms with Crippen LogP contribution >= 0.6 is 11.8 Å². The van der Waals surface area contributed by atoms with Crippen LogP contribution in [0.1, 0.15) is 6.92 Å². The summed E-state index contributed by atoms with van der Waals surface area (Å²) < 4.78 is 26.2. The standard InChI is InChI=1S/C12H12F2N2O2S/c1-7(11(17)16-5-4-15-12(16)18)19-10-3-2-8(13)6-9(10)14/h2-3,6-7H,4-5H2,1H3,(H,15,18). The molecule has 1 aliphatic heterocycles. The van der Waals surface area contributed by atoms with Crippen LogP contribution in [0.4, 0.5) is 13.6 Å². The third-order valence-electron chi connectivity index (χ3n) is 2.67. The summed E-state index contributed by atoms with van der Waals surface area (Å²) in [5, 5.41) is 1.90. The second kappa shape index (κ2) is 5.56. The van der Waals surface area contributed by atoms with Crippen molar-refractivity contribution >= 4 is 23.7 Å². The second-order valence-electron chi connectivity index (χ2n) is 4.06. The van der Waals surface area contributed by atoms with Crippen molar-refractivity contribution in [1.82, 2.24) is 10.2 Å². The molecule has 1 saturated heterocycles. The molecule has 1 fully saturated rings. The average Bonchev–Trinajstić information content (AvgIpc) is 2.78. The Labute approximate surface area is 113 Å². The maximum absolute atomic E-state index is 13.5. The Hall–Kier alpha value is -1.63. The Morgan fingerprint density at radius 2 is 2.21 bits per heavy atom. The molecule has 2 rings (SSSR count). The summed E-state index contributed by atoms with van der Waals surface area (Å²) in [6, 6.07) is 2.74. The lowest BCUT2D eigenvalue weighted by Crippen LogP contribution is -2.38. The fourth-order valence-corrected chi connectivity index (χ4v) is 2.64. The third kappa shape index (κ3) is 3.04. The fourth-order valence-electron chi connectivity index (χ4n) is 1.71. The van der Waals surface area contributed by atoms with E-state index in [0.29, 0.717) is 13.1 Å². The van der Waals surface area contributed by atoms with Gasteiger partial charge in [0.15, 0.2) is 0 Å². The van der Waals surface area contributed by atoms with E-state index in [2.05, 4.69) is 5.32 Å². The number of benzene rings is 1. The first-order valence-electron chi connectivity index (χ1n) is 5.70. The third-order valence-corrected chi connectivity index (χ3v) is 3.81. The first-order chi connectivity index (χ1) is 8.99. The summed E-state index contributed by atoms with van der Waals surface area (Å²) >= 11 is 0.963. The molecule has 1 N–H and O–H groups in total. The Bertz CT molecular complexity index is 524. The van der Waals surface area contributed by atoms with Gasteiger partial charge in [0, 0.05) is 24.1 Å². The maximum atomic E-state index is 13.5. The van der Waals surface area contributed by atoms with Gasteiger partial charge in [-0.05, 0) is 19.1 Å². The zero-order chi connectivity index (χ0) is 14.0. The number of nitrogens with one attached hydrogen (secondary N) is 1. The lowest BCUT2D eigenvalue weighted by Gasteiger charge is -2.17. The highest BCUT2D eigenvalue weighted by atomic mass is 32.2. The Morgan fingerprint density at radius 3 is 2.79 bits per heavy atom. The summed E-state index contributed by atoms with van der Waals surface area (Å²) in [5.41, 5.74) is 0. The van der Waals surface area contributed by atoms with Gasteiger partial charge < -0.3 is 5.32 Å². The van der Waals surface area contributed by atoms with E-state index in [9.17, 15) is 18.4 Å². The smallest absolute Gasteiger partial charge is 0.324 e. The number of hydrogen-bond donors (Lipinski definition) is 1. The number of carbonyl (C=O) groups is 2. The molecule has 0 bridgehead atoms. The fraction of sp³-hybridized carbons (Fsp3) is 0.333. The van der Waals surface area contributed by atoms with Crippen LogP contribution in [-0.4, -0.2) is 35.2 Å². The highest BCUT2D eigenvalue weighted by molar-refractivity contribution is 8.00. The molecule has 0 saturated carbocycles. The minimum Gasteiger partial charge on any atom is -0.336 e. The van der Waals surface area contributed by atoms with Crippen molar-refractivity contribution in [2.75, 3.05) is 13.1 Å². The van der Waals surface area contributed by atoms with Crippen molar-refractivity contribution in [3.8, 4) is 0 Å². The van der Waals surface area contributed by atoms with E-state index in [0.717, 1.165) is 28.8 Å². The molecule has 3 amide bonds. The molecule has 0 radical (unpaired) electrons.